The molecule has 1 aliphatic rings. The van der Waals surface area contributed by atoms with Crippen LogP contribution in [0, 0.1) is 11.7 Å². The van der Waals surface area contributed by atoms with E-state index in [0.29, 0.717) is 22.8 Å². The maximum Gasteiger partial charge on any atom is 0.277 e. The van der Waals surface area contributed by atoms with Gasteiger partial charge in [-0.05, 0) is 49.9 Å². The van der Waals surface area contributed by atoms with E-state index in [2.05, 4.69) is 15.5 Å². The van der Waals surface area contributed by atoms with E-state index in [-0.39, 0.29) is 17.5 Å². The number of carbonyl (C=O) groups is 1. The molecule has 0 aliphatic heterocycles. The summed E-state index contributed by atoms with van der Waals surface area (Å²) < 4.78 is 24.1. The van der Waals surface area contributed by atoms with Gasteiger partial charge in [0.05, 0.1) is 5.75 Å². The van der Waals surface area contributed by atoms with Gasteiger partial charge >= 0.3 is 0 Å². The van der Waals surface area contributed by atoms with Crippen LogP contribution in [0.1, 0.15) is 51.0 Å². The number of ether oxygens (including phenoxy) is 1. The second kappa shape index (κ2) is 9.73. The van der Waals surface area contributed by atoms with Crippen LogP contribution < -0.4 is 10.1 Å². The Balaban J connectivity index is 1.41. The van der Waals surface area contributed by atoms with E-state index in [1.54, 1.807) is 6.92 Å². The van der Waals surface area contributed by atoms with Crippen molar-refractivity contribution in [3.8, 4) is 5.75 Å². The Morgan fingerprint density at radius 1 is 1.30 bits per heavy atom. The first kappa shape index (κ1) is 19.7. The molecule has 1 aliphatic carbocycles. The Hall–Kier alpha value is -2.09. The number of thioether (sulfide) groups is 1. The molecule has 1 atom stereocenters. The number of amides is 1. The van der Waals surface area contributed by atoms with Crippen molar-refractivity contribution in [1.82, 2.24) is 15.5 Å². The minimum atomic E-state index is -0.475. The average Bonchev–Trinajstić information content (AvgIpc) is 3.16. The number of rotatable bonds is 8. The summed E-state index contributed by atoms with van der Waals surface area (Å²) >= 11 is 1.20. The fourth-order valence-corrected chi connectivity index (χ4v) is 3.64. The van der Waals surface area contributed by atoms with Gasteiger partial charge in [0.1, 0.15) is 11.6 Å². The molecule has 8 heteroatoms. The second-order valence-corrected chi connectivity index (χ2v) is 7.64. The Kier molecular flexibility index (Phi) is 7.09. The highest BCUT2D eigenvalue weighted by Crippen LogP contribution is 2.25. The summed E-state index contributed by atoms with van der Waals surface area (Å²) in [7, 11) is 0. The zero-order valence-electron chi connectivity index (χ0n) is 15.3. The Morgan fingerprint density at radius 2 is 2.04 bits per heavy atom. The number of hydrogen-bond donors (Lipinski definition) is 1. The summed E-state index contributed by atoms with van der Waals surface area (Å²) in [5, 5.41) is 11.2. The van der Waals surface area contributed by atoms with Gasteiger partial charge in [-0.3, -0.25) is 4.79 Å². The monoisotopic (exact) mass is 393 g/mol. The van der Waals surface area contributed by atoms with Gasteiger partial charge in [0.2, 0.25) is 5.91 Å². The van der Waals surface area contributed by atoms with Gasteiger partial charge in [-0.15, -0.1) is 10.2 Å². The Labute approximate surface area is 162 Å². The molecule has 1 unspecified atom stereocenters. The summed E-state index contributed by atoms with van der Waals surface area (Å²) in [6.45, 7) is 2.51. The summed E-state index contributed by atoms with van der Waals surface area (Å²) in [4.78, 5) is 12.0. The quantitative estimate of drug-likeness (QED) is 0.679. The van der Waals surface area contributed by atoms with Crippen molar-refractivity contribution in [3.05, 3.63) is 36.0 Å². The van der Waals surface area contributed by atoms with Crippen molar-refractivity contribution < 1.29 is 18.3 Å². The molecular weight excluding hydrogens is 369 g/mol. The van der Waals surface area contributed by atoms with Gasteiger partial charge in [-0.2, -0.15) is 0 Å². The van der Waals surface area contributed by atoms with Gasteiger partial charge in [0.25, 0.3) is 11.1 Å². The number of nitrogens with zero attached hydrogens (tertiary/aromatic N) is 2. The van der Waals surface area contributed by atoms with E-state index >= 15 is 0 Å². The first-order chi connectivity index (χ1) is 13.1. The highest BCUT2D eigenvalue weighted by molar-refractivity contribution is 7.99. The predicted octanol–water partition coefficient (Wildman–Crippen LogP) is 4.14. The van der Waals surface area contributed by atoms with Gasteiger partial charge in [-0.25, -0.2) is 4.39 Å². The fraction of sp³-hybridized carbons (Fsp3) is 0.526. The van der Waals surface area contributed by atoms with Crippen molar-refractivity contribution in [1.29, 1.82) is 0 Å². The zero-order chi connectivity index (χ0) is 19.1. The van der Waals surface area contributed by atoms with Gasteiger partial charge in [0, 0.05) is 6.54 Å². The average molecular weight is 393 g/mol. The molecule has 1 fully saturated rings. The van der Waals surface area contributed by atoms with Crippen molar-refractivity contribution >= 4 is 17.7 Å². The van der Waals surface area contributed by atoms with Crippen molar-refractivity contribution in [3.63, 3.8) is 0 Å². The van der Waals surface area contributed by atoms with Crippen LogP contribution in [0.15, 0.2) is 33.9 Å². The van der Waals surface area contributed by atoms with E-state index in [9.17, 15) is 9.18 Å². The van der Waals surface area contributed by atoms with Crippen molar-refractivity contribution in [2.24, 2.45) is 5.92 Å². The molecule has 0 radical (unpaired) electrons. The lowest BCUT2D eigenvalue weighted by atomic mass is 9.89. The summed E-state index contributed by atoms with van der Waals surface area (Å²) in [6, 6.07) is 5.72. The second-order valence-electron chi connectivity index (χ2n) is 6.72. The fourth-order valence-electron chi connectivity index (χ4n) is 3.04. The predicted molar refractivity (Wildman–Crippen MR) is 100 cm³/mol. The topological polar surface area (TPSA) is 77.2 Å². The summed E-state index contributed by atoms with van der Waals surface area (Å²) in [5.41, 5.74) is 0. The molecule has 1 N–H and O–H groups in total. The number of hydrogen-bond acceptors (Lipinski definition) is 6. The molecule has 146 valence electrons. The highest BCUT2D eigenvalue weighted by Gasteiger charge is 2.18. The number of benzene rings is 1. The lowest BCUT2D eigenvalue weighted by molar-refractivity contribution is -0.118. The van der Waals surface area contributed by atoms with Crippen LogP contribution in [0.5, 0.6) is 5.75 Å². The lowest BCUT2D eigenvalue weighted by Gasteiger charge is -2.21. The maximum absolute atomic E-state index is 12.9. The van der Waals surface area contributed by atoms with Crippen LogP contribution in [-0.4, -0.2) is 28.4 Å². The summed E-state index contributed by atoms with van der Waals surface area (Å²) in [6.07, 6.45) is 5.76. The first-order valence-electron chi connectivity index (χ1n) is 9.25. The third-order valence-corrected chi connectivity index (χ3v) is 5.35. The standard InChI is InChI=1S/C19H24FN3O3S/c1-13(25-16-9-7-15(20)8-10-16)18-22-23-19(26-18)27-12-17(24)21-11-14-5-3-2-4-6-14/h7-10,13-14H,2-6,11-12H2,1H3,(H,21,24). The number of carbonyl (C=O) groups excluding carboxylic acids is 1. The van der Waals surface area contributed by atoms with Crippen LogP contribution in [0.3, 0.4) is 0 Å². The molecule has 0 bridgehead atoms. The van der Waals surface area contributed by atoms with E-state index in [1.807, 2.05) is 0 Å². The highest BCUT2D eigenvalue weighted by atomic mass is 32.2. The van der Waals surface area contributed by atoms with E-state index in [4.69, 9.17) is 9.15 Å². The molecule has 2 aromatic rings. The molecule has 1 saturated carbocycles. The third-order valence-electron chi connectivity index (χ3n) is 4.54. The van der Waals surface area contributed by atoms with Crippen molar-refractivity contribution in [2.45, 2.75) is 50.4 Å². The largest absolute Gasteiger partial charge is 0.481 e. The minimum absolute atomic E-state index is 0.0269. The molecule has 3 rings (SSSR count). The molecule has 1 amide bonds. The molecule has 0 saturated heterocycles. The first-order valence-corrected chi connectivity index (χ1v) is 10.2. The normalized spacial score (nSPS) is 16.1. The van der Waals surface area contributed by atoms with Crippen LogP contribution in [-0.2, 0) is 4.79 Å². The molecule has 1 aromatic heterocycles. The number of nitrogens with one attached hydrogen (secondary N) is 1. The molecular formula is C19H24FN3O3S. The molecule has 0 spiro atoms. The molecule has 1 heterocycles. The van der Waals surface area contributed by atoms with E-state index in [1.165, 1.54) is 68.1 Å². The van der Waals surface area contributed by atoms with Gasteiger partial charge < -0.3 is 14.5 Å². The van der Waals surface area contributed by atoms with Gasteiger partial charge in [-0.1, -0.05) is 31.0 Å². The smallest absolute Gasteiger partial charge is 0.277 e. The Morgan fingerprint density at radius 3 is 2.78 bits per heavy atom. The SMILES string of the molecule is CC(Oc1ccc(F)cc1)c1nnc(SCC(=O)NCC2CCCCC2)o1. The maximum atomic E-state index is 12.9. The van der Waals surface area contributed by atoms with E-state index in [0.717, 1.165) is 6.54 Å². The third kappa shape index (κ3) is 6.23. The minimum Gasteiger partial charge on any atom is -0.481 e. The van der Waals surface area contributed by atoms with Crippen molar-refractivity contribution in [2.75, 3.05) is 12.3 Å². The lowest BCUT2D eigenvalue weighted by Crippen LogP contribution is -2.31. The van der Waals surface area contributed by atoms with E-state index < -0.39 is 6.10 Å². The number of halogens is 1. The van der Waals surface area contributed by atoms with Crippen LogP contribution >= 0.6 is 11.8 Å². The summed E-state index contributed by atoms with van der Waals surface area (Å²) in [5.74, 6) is 1.31. The molecule has 27 heavy (non-hydrogen) atoms. The molecule has 1 aromatic carbocycles. The van der Waals surface area contributed by atoms with Gasteiger partial charge in [0.15, 0.2) is 6.10 Å². The number of aromatic nitrogens is 2. The van der Waals surface area contributed by atoms with Crippen LogP contribution in [0.25, 0.3) is 0 Å². The van der Waals surface area contributed by atoms with Crippen LogP contribution in [0.2, 0.25) is 0 Å². The zero-order valence-corrected chi connectivity index (χ0v) is 16.1. The molecule has 6 nitrogen and oxygen atoms in total. The van der Waals surface area contributed by atoms with Crippen LogP contribution in [0.4, 0.5) is 4.39 Å². The Bertz CT molecular complexity index is 732.